The van der Waals surface area contributed by atoms with Gasteiger partial charge in [-0.25, -0.2) is 4.98 Å². The average molecular weight is 295 g/mol. The van der Waals surface area contributed by atoms with Crippen LogP contribution in [0.5, 0.6) is 0 Å². The van der Waals surface area contributed by atoms with Gasteiger partial charge < -0.3 is 5.32 Å². The van der Waals surface area contributed by atoms with Crippen molar-refractivity contribution in [2.75, 3.05) is 13.6 Å². The van der Waals surface area contributed by atoms with Crippen molar-refractivity contribution in [2.45, 2.75) is 25.7 Å². The lowest BCUT2D eigenvalue weighted by atomic mass is 9.93. The van der Waals surface area contributed by atoms with Crippen LogP contribution in [0.4, 0.5) is 0 Å². The summed E-state index contributed by atoms with van der Waals surface area (Å²) in [5, 5.41) is 4.09. The number of rotatable bonds is 6. The van der Waals surface area contributed by atoms with Gasteiger partial charge in [0.1, 0.15) is 0 Å². The van der Waals surface area contributed by atoms with Crippen LogP contribution in [0.1, 0.15) is 28.5 Å². The van der Waals surface area contributed by atoms with E-state index in [1.165, 1.54) is 16.1 Å². The second-order valence-electron chi connectivity index (χ2n) is 4.71. The highest BCUT2D eigenvalue weighted by Gasteiger charge is 2.12. The summed E-state index contributed by atoms with van der Waals surface area (Å²) in [6, 6.07) is 8.18. The van der Waals surface area contributed by atoms with Crippen LogP contribution in [-0.4, -0.2) is 18.6 Å². The molecule has 2 rings (SSSR count). The smallest absolute Gasteiger partial charge is 0.0797 e. The highest BCUT2D eigenvalue weighted by molar-refractivity contribution is 7.09. The van der Waals surface area contributed by atoms with Gasteiger partial charge in [-0.3, -0.25) is 0 Å². The van der Waals surface area contributed by atoms with Crippen molar-refractivity contribution < 1.29 is 0 Å². The second kappa shape index (κ2) is 7.04. The number of aryl methyl sites for hydroxylation is 2. The van der Waals surface area contributed by atoms with Gasteiger partial charge in [0.05, 0.1) is 11.2 Å². The van der Waals surface area contributed by atoms with Crippen molar-refractivity contribution in [1.29, 1.82) is 0 Å². The molecule has 0 aliphatic rings. The topological polar surface area (TPSA) is 24.9 Å². The lowest BCUT2D eigenvalue weighted by Crippen LogP contribution is -2.18. The third-order valence-electron chi connectivity index (χ3n) is 3.34. The molecule has 19 heavy (non-hydrogen) atoms. The first-order valence-electron chi connectivity index (χ1n) is 6.49. The largest absolute Gasteiger partial charge is 0.319 e. The van der Waals surface area contributed by atoms with E-state index in [0.717, 1.165) is 24.4 Å². The van der Waals surface area contributed by atoms with Gasteiger partial charge in [0.15, 0.2) is 0 Å². The molecule has 1 unspecified atom stereocenters. The predicted molar refractivity (Wildman–Crippen MR) is 83.3 cm³/mol. The molecular weight excluding hydrogens is 276 g/mol. The SMILES string of the molecule is CNCC(CCc1scnc1C)c1cccc(Cl)c1. The Morgan fingerprint density at radius 2 is 2.26 bits per heavy atom. The van der Waals surface area contributed by atoms with Gasteiger partial charge in [0, 0.05) is 16.4 Å². The van der Waals surface area contributed by atoms with Gasteiger partial charge in [-0.05, 0) is 50.4 Å². The molecule has 0 fully saturated rings. The number of aromatic nitrogens is 1. The van der Waals surface area contributed by atoms with Crippen LogP contribution >= 0.6 is 22.9 Å². The molecule has 0 spiro atoms. The van der Waals surface area contributed by atoms with E-state index >= 15 is 0 Å². The minimum Gasteiger partial charge on any atom is -0.319 e. The number of likely N-dealkylation sites (N-methyl/N-ethyl adjacent to an activating group) is 1. The molecule has 0 amide bonds. The molecule has 0 aliphatic heterocycles. The molecule has 0 aliphatic carbocycles. The lowest BCUT2D eigenvalue weighted by molar-refractivity contribution is 0.585. The summed E-state index contributed by atoms with van der Waals surface area (Å²) in [4.78, 5) is 5.70. The molecule has 4 heteroatoms. The third-order valence-corrected chi connectivity index (χ3v) is 4.57. The van der Waals surface area contributed by atoms with E-state index in [-0.39, 0.29) is 0 Å². The molecule has 0 saturated carbocycles. The van der Waals surface area contributed by atoms with E-state index in [1.807, 2.05) is 24.7 Å². The number of nitrogens with zero attached hydrogens (tertiary/aromatic N) is 1. The summed E-state index contributed by atoms with van der Waals surface area (Å²) in [7, 11) is 2.00. The Balaban J connectivity index is 2.06. The molecule has 1 aromatic carbocycles. The van der Waals surface area contributed by atoms with Gasteiger partial charge in [-0.2, -0.15) is 0 Å². The maximum atomic E-state index is 6.09. The van der Waals surface area contributed by atoms with E-state index in [9.17, 15) is 0 Å². The summed E-state index contributed by atoms with van der Waals surface area (Å²) in [5.74, 6) is 0.491. The Morgan fingerprint density at radius 1 is 1.42 bits per heavy atom. The maximum absolute atomic E-state index is 6.09. The van der Waals surface area contributed by atoms with Crippen molar-refractivity contribution in [1.82, 2.24) is 10.3 Å². The summed E-state index contributed by atoms with van der Waals surface area (Å²) in [6.07, 6.45) is 2.19. The molecule has 1 aromatic heterocycles. The third kappa shape index (κ3) is 4.03. The Labute approximate surface area is 123 Å². The van der Waals surface area contributed by atoms with Gasteiger partial charge >= 0.3 is 0 Å². The molecule has 0 bridgehead atoms. The van der Waals surface area contributed by atoms with Crippen LogP contribution in [0.15, 0.2) is 29.8 Å². The number of halogens is 1. The molecule has 1 N–H and O–H groups in total. The zero-order chi connectivity index (χ0) is 13.7. The Morgan fingerprint density at radius 3 is 2.89 bits per heavy atom. The van der Waals surface area contributed by atoms with Crippen LogP contribution < -0.4 is 5.32 Å². The minimum atomic E-state index is 0.491. The van der Waals surface area contributed by atoms with Gasteiger partial charge in [-0.1, -0.05) is 23.7 Å². The molecule has 0 saturated heterocycles. The quantitative estimate of drug-likeness (QED) is 0.870. The van der Waals surface area contributed by atoms with Crippen molar-refractivity contribution in [3.05, 3.63) is 50.9 Å². The molecular formula is C15H19ClN2S. The average Bonchev–Trinajstić information content (AvgIpc) is 2.80. The predicted octanol–water partition coefficient (Wildman–Crippen LogP) is 4.04. The fourth-order valence-electron chi connectivity index (χ4n) is 2.26. The fraction of sp³-hybridized carbons (Fsp3) is 0.400. The number of nitrogens with one attached hydrogen (secondary N) is 1. The Bertz CT molecular complexity index is 524. The lowest BCUT2D eigenvalue weighted by Gasteiger charge is -2.17. The Kier molecular flexibility index (Phi) is 5.37. The van der Waals surface area contributed by atoms with E-state index in [4.69, 9.17) is 11.6 Å². The van der Waals surface area contributed by atoms with Crippen LogP contribution in [-0.2, 0) is 6.42 Å². The number of thiazole rings is 1. The highest BCUT2D eigenvalue weighted by Crippen LogP contribution is 2.25. The van der Waals surface area contributed by atoms with Crippen molar-refractivity contribution in [3.63, 3.8) is 0 Å². The van der Waals surface area contributed by atoms with Gasteiger partial charge in [-0.15, -0.1) is 11.3 Å². The summed E-state index contributed by atoms with van der Waals surface area (Å²) < 4.78 is 0. The number of hydrogen-bond donors (Lipinski definition) is 1. The first-order valence-corrected chi connectivity index (χ1v) is 7.75. The molecule has 0 radical (unpaired) electrons. The van der Waals surface area contributed by atoms with Crippen molar-refractivity contribution in [3.8, 4) is 0 Å². The van der Waals surface area contributed by atoms with E-state index in [1.54, 1.807) is 11.3 Å². The normalized spacial score (nSPS) is 12.6. The van der Waals surface area contributed by atoms with Crippen molar-refractivity contribution in [2.24, 2.45) is 0 Å². The minimum absolute atomic E-state index is 0.491. The molecule has 102 valence electrons. The van der Waals surface area contributed by atoms with E-state index < -0.39 is 0 Å². The van der Waals surface area contributed by atoms with Crippen molar-refractivity contribution >= 4 is 22.9 Å². The first-order chi connectivity index (χ1) is 9.20. The maximum Gasteiger partial charge on any atom is 0.0797 e. The first kappa shape index (κ1) is 14.5. The summed E-state index contributed by atoms with van der Waals surface area (Å²) in [5.41, 5.74) is 4.40. The summed E-state index contributed by atoms with van der Waals surface area (Å²) in [6.45, 7) is 3.05. The van der Waals surface area contributed by atoms with Gasteiger partial charge in [0.25, 0.3) is 0 Å². The van der Waals surface area contributed by atoms with E-state index in [0.29, 0.717) is 5.92 Å². The molecule has 1 heterocycles. The monoisotopic (exact) mass is 294 g/mol. The zero-order valence-corrected chi connectivity index (χ0v) is 12.9. The van der Waals surface area contributed by atoms with Crippen LogP contribution in [0.3, 0.4) is 0 Å². The molecule has 1 atom stereocenters. The van der Waals surface area contributed by atoms with Crippen LogP contribution in [0.2, 0.25) is 5.02 Å². The zero-order valence-electron chi connectivity index (χ0n) is 11.3. The number of benzene rings is 1. The fourth-order valence-corrected chi connectivity index (χ4v) is 3.26. The molecule has 2 nitrogen and oxygen atoms in total. The van der Waals surface area contributed by atoms with Gasteiger partial charge in [0.2, 0.25) is 0 Å². The highest BCUT2D eigenvalue weighted by atomic mass is 35.5. The summed E-state index contributed by atoms with van der Waals surface area (Å²) >= 11 is 7.84. The van der Waals surface area contributed by atoms with Crippen LogP contribution in [0.25, 0.3) is 0 Å². The second-order valence-corrected chi connectivity index (χ2v) is 6.08. The standard InChI is InChI=1S/C15H19ClN2S/c1-11-15(19-10-18-11)7-6-13(9-17-2)12-4-3-5-14(16)8-12/h3-5,8,10,13,17H,6-7,9H2,1-2H3. The Hall–Kier alpha value is -0.900. The number of hydrogen-bond acceptors (Lipinski definition) is 3. The van der Waals surface area contributed by atoms with Crippen LogP contribution in [0, 0.1) is 6.92 Å². The molecule has 2 aromatic rings. The van der Waals surface area contributed by atoms with E-state index in [2.05, 4.69) is 29.4 Å².